The lowest BCUT2D eigenvalue weighted by Gasteiger charge is -2.01. The summed E-state index contributed by atoms with van der Waals surface area (Å²) >= 11 is 0. The third-order valence-corrected chi connectivity index (χ3v) is 2.39. The van der Waals surface area contributed by atoms with Gasteiger partial charge in [-0.15, -0.1) is 5.10 Å². The summed E-state index contributed by atoms with van der Waals surface area (Å²) in [6.07, 6.45) is 3.30. The second-order valence-corrected chi connectivity index (χ2v) is 3.56. The summed E-state index contributed by atoms with van der Waals surface area (Å²) in [5, 5.41) is 21.4. The van der Waals surface area contributed by atoms with E-state index in [9.17, 15) is 5.11 Å². The Hall–Kier alpha value is -1.76. The number of hydrogen-bond donors (Lipinski definition) is 1. The van der Waals surface area contributed by atoms with Crippen molar-refractivity contribution in [2.75, 3.05) is 0 Å². The van der Waals surface area contributed by atoms with Crippen molar-refractivity contribution in [1.29, 1.82) is 0 Å². The largest absolute Gasteiger partial charge is 0.387 e. The van der Waals surface area contributed by atoms with Crippen molar-refractivity contribution in [2.45, 2.75) is 26.0 Å². The summed E-state index contributed by atoms with van der Waals surface area (Å²) in [5.74, 6) is 0.794. The molecule has 0 aliphatic heterocycles. The average molecular weight is 222 g/mol. The maximum atomic E-state index is 9.57. The van der Waals surface area contributed by atoms with Crippen molar-refractivity contribution in [3.05, 3.63) is 24.0 Å². The first-order valence-electron chi connectivity index (χ1n) is 5.11. The number of hydrogen-bond acceptors (Lipinski definition) is 5. The van der Waals surface area contributed by atoms with Gasteiger partial charge in [0.2, 0.25) is 0 Å². The zero-order chi connectivity index (χ0) is 11.5. The van der Waals surface area contributed by atoms with Gasteiger partial charge in [0.25, 0.3) is 0 Å². The van der Waals surface area contributed by atoms with E-state index in [1.165, 1.54) is 6.33 Å². The number of aromatic nitrogens is 6. The van der Waals surface area contributed by atoms with Crippen LogP contribution in [-0.2, 0) is 13.6 Å². The SMILES string of the molecule is CCC(O)c1cn(Cc2ncnn2C)nn1. The van der Waals surface area contributed by atoms with E-state index in [1.54, 1.807) is 15.6 Å². The van der Waals surface area contributed by atoms with Crippen LogP contribution in [0.1, 0.15) is 31.0 Å². The fourth-order valence-corrected chi connectivity index (χ4v) is 1.36. The highest BCUT2D eigenvalue weighted by molar-refractivity contribution is 4.98. The maximum absolute atomic E-state index is 9.57. The zero-order valence-corrected chi connectivity index (χ0v) is 9.28. The van der Waals surface area contributed by atoms with Gasteiger partial charge in [-0.05, 0) is 6.42 Å². The molecule has 0 spiro atoms. The summed E-state index contributed by atoms with van der Waals surface area (Å²) < 4.78 is 3.32. The van der Waals surface area contributed by atoms with Crippen LogP contribution in [0.5, 0.6) is 0 Å². The minimum Gasteiger partial charge on any atom is -0.387 e. The van der Waals surface area contributed by atoms with Crippen LogP contribution >= 0.6 is 0 Å². The van der Waals surface area contributed by atoms with Crippen LogP contribution in [0.2, 0.25) is 0 Å². The second-order valence-electron chi connectivity index (χ2n) is 3.56. The Bertz CT molecular complexity index is 462. The van der Waals surface area contributed by atoms with E-state index in [-0.39, 0.29) is 0 Å². The zero-order valence-electron chi connectivity index (χ0n) is 9.28. The predicted octanol–water partition coefficient (Wildman–Crippen LogP) is -0.102. The van der Waals surface area contributed by atoms with Crippen LogP contribution in [-0.4, -0.2) is 34.9 Å². The van der Waals surface area contributed by atoms with E-state index in [4.69, 9.17) is 0 Å². The molecule has 86 valence electrons. The Balaban J connectivity index is 2.11. The van der Waals surface area contributed by atoms with E-state index < -0.39 is 6.10 Å². The van der Waals surface area contributed by atoms with Gasteiger partial charge >= 0.3 is 0 Å². The molecule has 0 fully saturated rings. The Morgan fingerprint density at radius 3 is 2.94 bits per heavy atom. The second kappa shape index (κ2) is 4.40. The quantitative estimate of drug-likeness (QED) is 0.781. The highest BCUT2D eigenvalue weighted by Crippen LogP contribution is 2.12. The van der Waals surface area contributed by atoms with Gasteiger partial charge in [0.15, 0.2) is 0 Å². The van der Waals surface area contributed by atoms with E-state index in [2.05, 4.69) is 20.4 Å². The Morgan fingerprint density at radius 1 is 1.50 bits per heavy atom. The molecule has 0 aliphatic rings. The van der Waals surface area contributed by atoms with E-state index in [1.807, 2.05) is 14.0 Å². The fraction of sp³-hybridized carbons (Fsp3) is 0.556. The molecule has 0 bridgehead atoms. The van der Waals surface area contributed by atoms with Crippen molar-refractivity contribution >= 4 is 0 Å². The monoisotopic (exact) mass is 222 g/mol. The molecular weight excluding hydrogens is 208 g/mol. The smallest absolute Gasteiger partial charge is 0.148 e. The molecule has 2 rings (SSSR count). The normalized spacial score (nSPS) is 12.9. The van der Waals surface area contributed by atoms with Crippen molar-refractivity contribution in [2.24, 2.45) is 7.05 Å². The lowest BCUT2D eigenvalue weighted by Crippen LogP contribution is -2.07. The van der Waals surface area contributed by atoms with Crippen LogP contribution in [0, 0.1) is 0 Å². The summed E-state index contributed by atoms with van der Waals surface area (Å²) in [7, 11) is 1.82. The van der Waals surface area contributed by atoms with E-state index >= 15 is 0 Å². The van der Waals surface area contributed by atoms with Crippen molar-refractivity contribution in [3.8, 4) is 0 Å². The third-order valence-electron chi connectivity index (χ3n) is 2.39. The van der Waals surface area contributed by atoms with Crippen LogP contribution < -0.4 is 0 Å². The van der Waals surface area contributed by atoms with Crippen molar-refractivity contribution < 1.29 is 5.11 Å². The molecule has 1 unspecified atom stereocenters. The van der Waals surface area contributed by atoms with Gasteiger partial charge in [-0.3, -0.25) is 4.68 Å². The number of rotatable bonds is 4. The molecule has 0 aliphatic carbocycles. The molecule has 0 saturated carbocycles. The minimum atomic E-state index is -0.548. The van der Waals surface area contributed by atoms with Crippen LogP contribution in [0.4, 0.5) is 0 Å². The number of aryl methyl sites for hydroxylation is 1. The fourth-order valence-electron chi connectivity index (χ4n) is 1.36. The summed E-state index contributed by atoms with van der Waals surface area (Å²) in [6, 6.07) is 0. The van der Waals surface area contributed by atoms with Gasteiger partial charge < -0.3 is 5.11 Å². The summed E-state index contributed by atoms with van der Waals surface area (Å²) in [5.41, 5.74) is 0.588. The van der Waals surface area contributed by atoms with Crippen molar-refractivity contribution in [3.63, 3.8) is 0 Å². The topological polar surface area (TPSA) is 81.6 Å². The Kier molecular flexibility index (Phi) is 2.95. The molecule has 0 saturated heterocycles. The van der Waals surface area contributed by atoms with Gasteiger partial charge in [-0.2, -0.15) is 5.10 Å². The maximum Gasteiger partial charge on any atom is 0.148 e. The highest BCUT2D eigenvalue weighted by Gasteiger charge is 2.10. The average Bonchev–Trinajstić information content (AvgIpc) is 2.89. The molecule has 2 aromatic rings. The predicted molar refractivity (Wildman–Crippen MR) is 55.4 cm³/mol. The van der Waals surface area contributed by atoms with Gasteiger partial charge in [-0.1, -0.05) is 12.1 Å². The van der Waals surface area contributed by atoms with Gasteiger partial charge in [0.05, 0.1) is 12.3 Å². The molecule has 2 heterocycles. The van der Waals surface area contributed by atoms with Gasteiger partial charge in [-0.25, -0.2) is 9.67 Å². The number of nitrogens with zero attached hydrogens (tertiary/aromatic N) is 6. The molecule has 1 N–H and O–H groups in total. The van der Waals surface area contributed by atoms with Crippen LogP contribution in [0.25, 0.3) is 0 Å². The summed E-state index contributed by atoms with van der Waals surface area (Å²) in [4.78, 5) is 4.09. The lowest BCUT2D eigenvalue weighted by atomic mass is 10.2. The molecule has 0 radical (unpaired) electrons. The van der Waals surface area contributed by atoms with E-state index in [0.29, 0.717) is 18.7 Å². The Labute approximate surface area is 92.7 Å². The summed E-state index contributed by atoms with van der Waals surface area (Å²) in [6.45, 7) is 2.40. The van der Waals surface area contributed by atoms with Crippen LogP contribution in [0.15, 0.2) is 12.5 Å². The first-order valence-corrected chi connectivity index (χ1v) is 5.11. The van der Waals surface area contributed by atoms with E-state index in [0.717, 1.165) is 5.82 Å². The molecule has 0 aromatic carbocycles. The standard InChI is InChI=1S/C9H14N6O/c1-3-8(16)7-4-15(13-12-7)5-9-10-6-11-14(9)2/h4,6,8,16H,3,5H2,1-2H3. The van der Waals surface area contributed by atoms with Gasteiger partial charge in [0.1, 0.15) is 24.4 Å². The highest BCUT2D eigenvalue weighted by atomic mass is 16.3. The molecule has 16 heavy (non-hydrogen) atoms. The van der Waals surface area contributed by atoms with Crippen molar-refractivity contribution in [1.82, 2.24) is 29.8 Å². The number of aliphatic hydroxyl groups excluding tert-OH is 1. The minimum absolute atomic E-state index is 0.500. The first-order chi connectivity index (χ1) is 7.70. The lowest BCUT2D eigenvalue weighted by molar-refractivity contribution is 0.168. The molecular formula is C9H14N6O. The number of aliphatic hydroxyl groups is 1. The molecule has 7 heteroatoms. The van der Waals surface area contributed by atoms with Gasteiger partial charge in [0, 0.05) is 7.05 Å². The molecule has 2 aromatic heterocycles. The molecule has 0 amide bonds. The first kappa shape index (κ1) is 10.7. The molecule has 7 nitrogen and oxygen atoms in total. The molecule has 1 atom stereocenters. The van der Waals surface area contributed by atoms with Crippen LogP contribution in [0.3, 0.4) is 0 Å². The third kappa shape index (κ3) is 2.08. The Morgan fingerprint density at radius 2 is 2.31 bits per heavy atom.